The molecule has 4 N–H and O–H groups in total. The number of carbonyl (C=O) groups excluding carboxylic acids is 1. The Kier molecular flexibility index (Phi) is 6.25. The van der Waals surface area contributed by atoms with Gasteiger partial charge in [0.15, 0.2) is 21.3 Å². The lowest BCUT2D eigenvalue weighted by atomic mass is 10.1. The summed E-state index contributed by atoms with van der Waals surface area (Å²) in [5.41, 5.74) is 10.1. The number of anilines is 4. The number of rotatable bonds is 6. The Morgan fingerprint density at radius 2 is 1.68 bits per heavy atom. The highest BCUT2D eigenvalue weighted by Gasteiger charge is 2.19. The van der Waals surface area contributed by atoms with E-state index in [-0.39, 0.29) is 16.6 Å². The van der Waals surface area contributed by atoms with E-state index >= 15 is 0 Å². The number of aromatic nitrogens is 5. The maximum absolute atomic E-state index is 12.1. The number of fused-ring (bicyclic) bond motifs is 1. The second-order valence-electron chi connectivity index (χ2n) is 8.71. The van der Waals surface area contributed by atoms with Crippen LogP contribution in [0, 0.1) is 6.92 Å². The number of hydrogen-bond acceptors (Lipinski definition) is 9. The number of nitrogen functional groups attached to an aromatic ring is 1. The molecule has 0 bridgehead atoms. The predicted molar refractivity (Wildman–Crippen MR) is 146 cm³/mol. The van der Waals surface area contributed by atoms with Crippen LogP contribution in [-0.2, 0) is 14.6 Å². The van der Waals surface area contributed by atoms with Crippen LogP contribution < -0.4 is 16.4 Å². The molecule has 0 spiro atoms. The fourth-order valence-corrected chi connectivity index (χ4v) is 4.68. The molecule has 0 aliphatic heterocycles. The fraction of sp³-hybridized carbons (Fsp3) is 0.115. The lowest BCUT2D eigenvalue weighted by molar-refractivity contribution is -0.114. The van der Waals surface area contributed by atoms with E-state index in [1.54, 1.807) is 72.1 Å². The summed E-state index contributed by atoms with van der Waals surface area (Å²) in [5.74, 6) is 1.04. The van der Waals surface area contributed by atoms with Crippen molar-refractivity contribution in [1.29, 1.82) is 0 Å². The van der Waals surface area contributed by atoms with Crippen LogP contribution in [0.15, 0.2) is 71.6 Å². The van der Waals surface area contributed by atoms with Gasteiger partial charge in [-0.25, -0.2) is 27.9 Å². The molecule has 5 rings (SSSR count). The molecule has 0 unspecified atom stereocenters. The molecule has 11 nitrogen and oxygen atoms in total. The van der Waals surface area contributed by atoms with Gasteiger partial charge in [-0.2, -0.15) is 5.10 Å². The molecule has 0 aliphatic carbocycles. The first-order chi connectivity index (χ1) is 18.1. The number of nitrogens with zero attached hydrogens (tertiary/aromatic N) is 5. The molecule has 2 aromatic carbocycles. The van der Waals surface area contributed by atoms with E-state index in [1.807, 2.05) is 6.07 Å². The number of imidazole rings is 1. The van der Waals surface area contributed by atoms with Gasteiger partial charge in [0, 0.05) is 36.2 Å². The van der Waals surface area contributed by atoms with Gasteiger partial charge in [-0.3, -0.25) is 4.79 Å². The van der Waals surface area contributed by atoms with Gasteiger partial charge in [0.25, 0.3) is 0 Å². The molecule has 0 fully saturated rings. The maximum atomic E-state index is 12.1. The van der Waals surface area contributed by atoms with Crippen molar-refractivity contribution in [2.45, 2.75) is 18.7 Å². The number of benzene rings is 2. The van der Waals surface area contributed by atoms with Gasteiger partial charge >= 0.3 is 0 Å². The van der Waals surface area contributed by atoms with E-state index in [0.717, 1.165) is 6.26 Å². The smallest absolute Gasteiger partial charge is 0.221 e. The minimum Gasteiger partial charge on any atom is -0.384 e. The summed E-state index contributed by atoms with van der Waals surface area (Å²) < 4.78 is 25.8. The highest BCUT2D eigenvalue weighted by atomic mass is 32.2. The van der Waals surface area contributed by atoms with E-state index in [4.69, 9.17) is 15.8 Å². The highest BCUT2D eigenvalue weighted by Crippen LogP contribution is 2.32. The normalized spacial score (nSPS) is 11.4. The van der Waals surface area contributed by atoms with Gasteiger partial charge in [-0.05, 0) is 49.4 Å². The van der Waals surface area contributed by atoms with E-state index < -0.39 is 9.84 Å². The van der Waals surface area contributed by atoms with E-state index in [9.17, 15) is 13.2 Å². The zero-order chi connectivity index (χ0) is 27.0. The van der Waals surface area contributed by atoms with Crippen molar-refractivity contribution in [2.24, 2.45) is 0 Å². The summed E-state index contributed by atoms with van der Waals surface area (Å²) in [5, 5.41) is 10.8. The van der Waals surface area contributed by atoms with Gasteiger partial charge in [0.2, 0.25) is 5.91 Å². The Morgan fingerprint density at radius 3 is 2.42 bits per heavy atom. The second-order valence-corrected chi connectivity index (χ2v) is 10.7. The zero-order valence-corrected chi connectivity index (χ0v) is 21.6. The summed E-state index contributed by atoms with van der Waals surface area (Å²) in [4.78, 5) is 25.2. The standard InChI is InChI=1S/C26H24N8O3S/c1-15-28-22(14-23(27)29-15)25-26(31-19-8-5-7-18(13-19)30-16(2)35)32-24-11-10-21(33-34(24)25)17-6-4-9-20(12-17)38(3,36)37/h4-14,31H,1-3H3,(H,30,35)(H2,27,28,29). The van der Waals surface area contributed by atoms with Crippen LogP contribution in [0.4, 0.5) is 23.0 Å². The summed E-state index contributed by atoms with van der Waals surface area (Å²) >= 11 is 0. The van der Waals surface area contributed by atoms with Gasteiger partial charge in [0.05, 0.1) is 16.3 Å². The first kappa shape index (κ1) is 24.8. The van der Waals surface area contributed by atoms with E-state index in [2.05, 4.69) is 20.6 Å². The Labute approximate surface area is 218 Å². The number of hydrogen-bond donors (Lipinski definition) is 3. The summed E-state index contributed by atoms with van der Waals surface area (Å²) in [7, 11) is -3.39. The van der Waals surface area contributed by atoms with Crippen LogP contribution in [-0.4, -0.2) is 45.1 Å². The Morgan fingerprint density at radius 1 is 0.921 bits per heavy atom. The van der Waals surface area contributed by atoms with Crippen LogP contribution in [0.25, 0.3) is 28.3 Å². The molecule has 3 heterocycles. The minimum atomic E-state index is -3.39. The number of nitrogens with one attached hydrogen (secondary N) is 2. The Balaban J connectivity index is 1.68. The van der Waals surface area contributed by atoms with Crippen molar-refractivity contribution in [2.75, 3.05) is 22.6 Å². The quantitative estimate of drug-likeness (QED) is 0.298. The molecule has 192 valence electrons. The molecule has 12 heteroatoms. The highest BCUT2D eigenvalue weighted by molar-refractivity contribution is 7.90. The summed E-state index contributed by atoms with van der Waals surface area (Å²) in [6.07, 6.45) is 1.16. The molecule has 0 atom stereocenters. The summed E-state index contributed by atoms with van der Waals surface area (Å²) in [6, 6.07) is 19.0. The largest absolute Gasteiger partial charge is 0.384 e. The van der Waals surface area contributed by atoms with Crippen molar-refractivity contribution in [3.05, 3.63) is 72.6 Å². The van der Waals surface area contributed by atoms with Crippen LogP contribution in [0.3, 0.4) is 0 Å². The van der Waals surface area contributed by atoms with Crippen molar-refractivity contribution >= 4 is 44.4 Å². The molecular weight excluding hydrogens is 504 g/mol. The number of carbonyl (C=O) groups is 1. The minimum absolute atomic E-state index is 0.181. The van der Waals surface area contributed by atoms with Crippen molar-refractivity contribution in [1.82, 2.24) is 24.6 Å². The SMILES string of the molecule is CC(=O)Nc1cccc(Nc2nc3ccc(-c4cccc(S(C)(=O)=O)c4)nn3c2-c2cc(N)nc(C)n2)c1. The second kappa shape index (κ2) is 9.56. The third kappa shape index (κ3) is 5.15. The first-order valence-electron chi connectivity index (χ1n) is 11.5. The molecule has 0 aliphatic rings. The lowest BCUT2D eigenvalue weighted by Gasteiger charge is -2.10. The third-order valence-corrected chi connectivity index (χ3v) is 6.69. The predicted octanol–water partition coefficient (Wildman–Crippen LogP) is 3.85. The van der Waals surface area contributed by atoms with Gasteiger partial charge < -0.3 is 16.4 Å². The number of amides is 1. The Bertz CT molecular complexity index is 1790. The topological polar surface area (TPSA) is 157 Å². The number of sulfone groups is 1. The van der Waals surface area contributed by atoms with Gasteiger partial charge in [-0.15, -0.1) is 0 Å². The van der Waals surface area contributed by atoms with Crippen molar-refractivity contribution in [3.8, 4) is 22.6 Å². The van der Waals surface area contributed by atoms with Crippen LogP contribution in [0.5, 0.6) is 0 Å². The van der Waals surface area contributed by atoms with Crippen molar-refractivity contribution < 1.29 is 13.2 Å². The molecule has 0 saturated heterocycles. The molecule has 5 aromatic rings. The van der Waals surface area contributed by atoms with Crippen LogP contribution in [0.2, 0.25) is 0 Å². The van der Waals surface area contributed by atoms with Gasteiger partial charge in [0.1, 0.15) is 17.3 Å². The van der Waals surface area contributed by atoms with Crippen LogP contribution >= 0.6 is 0 Å². The molecular formula is C26H24N8O3S. The first-order valence-corrected chi connectivity index (χ1v) is 13.4. The fourth-order valence-electron chi connectivity index (χ4n) is 4.02. The third-order valence-electron chi connectivity index (χ3n) is 5.58. The maximum Gasteiger partial charge on any atom is 0.221 e. The van der Waals surface area contributed by atoms with Gasteiger partial charge in [-0.1, -0.05) is 18.2 Å². The van der Waals surface area contributed by atoms with E-state index in [0.29, 0.717) is 51.3 Å². The Hall–Kier alpha value is -4.84. The monoisotopic (exact) mass is 528 g/mol. The average molecular weight is 529 g/mol. The summed E-state index contributed by atoms with van der Waals surface area (Å²) in [6.45, 7) is 3.18. The number of nitrogens with two attached hydrogens (primary N) is 1. The van der Waals surface area contributed by atoms with Crippen LogP contribution in [0.1, 0.15) is 12.7 Å². The number of aryl methyl sites for hydroxylation is 1. The van der Waals surface area contributed by atoms with Crippen molar-refractivity contribution in [3.63, 3.8) is 0 Å². The average Bonchev–Trinajstić information content (AvgIpc) is 3.19. The molecule has 1 amide bonds. The molecule has 38 heavy (non-hydrogen) atoms. The van der Waals surface area contributed by atoms with E-state index in [1.165, 1.54) is 6.92 Å². The lowest BCUT2D eigenvalue weighted by Crippen LogP contribution is -2.06. The zero-order valence-electron chi connectivity index (χ0n) is 20.8. The molecule has 0 radical (unpaired) electrons. The molecule has 3 aromatic heterocycles. The molecule has 0 saturated carbocycles.